The van der Waals surface area contributed by atoms with Gasteiger partial charge < -0.3 is 9.64 Å². The van der Waals surface area contributed by atoms with E-state index in [-0.39, 0.29) is 11.1 Å². The molecule has 3 heteroatoms. The van der Waals surface area contributed by atoms with E-state index in [0.29, 0.717) is 0 Å². The molecule has 0 spiro atoms. The molecule has 1 aliphatic rings. The first-order chi connectivity index (χ1) is 6.23. The Morgan fingerprint density at radius 1 is 1.07 bits per heavy atom. The Labute approximate surface area is 87.2 Å². The zero-order valence-corrected chi connectivity index (χ0v) is 10.2. The minimum absolute atomic E-state index is 0.0431. The highest BCUT2D eigenvalue weighted by molar-refractivity contribution is 5.76. The quantitative estimate of drug-likeness (QED) is 0.596. The summed E-state index contributed by atoms with van der Waals surface area (Å²) in [5, 5.41) is 0. The van der Waals surface area contributed by atoms with Crippen LogP contribution in [-0.2, 0) is 4.74 Å². The number of hydrogen-bond acceptors (Lipinski definition) is 3. The van der Waals surface area contributed by atoms with Gasteiger partial charge in [-0.05, 0) is 41.5 Å². The first kappa shape index (κ1) is 11.3. The third kappa shape index (κ3) is 2.40. The lowest BCUT2D eigenvalue weighted by molar-refractivity contribution is 0.0881. The van der Waals surface area contributed by atoms with Gasteiger partial charge in [0.15, 0.2) is 0 Å². The van der Waals surface area contributed by atoms with Gasteiger partial charge in [0.1, 0.15) is 6.61 Å². The van der Waals surface area contributed by atoms with Gasteiger partial charge in [-0.25, -0.2) is 4.99 Å². The average Bonchev–Trinajstić information content (AvgIpc) is 2.31. The van der Waals surface area contributed by atoms with Crippen molar-refractivity contribution in [3.05, 3.63) is 0 Å². The number of ether oxygens (including phenoxy) is 1. The van der Waals surface area contributed by atoms with Crippen LogP contribution >= 0.6 is 0 Å². The SMILES string of the molecule is CC(C)(C)N(C1=NCCO1)C(C)(C)C. The van der Waals surface area contributed by atoms with E-state index in [1.54, 1.807) is 0 Å². The Morgan fingerprint density at radius 3 is 1.86 bits per heavy atom. The Kier molecular flexibility index (Phi) is 2.79. The highest BCUT2D eigenvalue weighted by Gasteiger charge is 2.36. The van der Waals surface area contributed by atoms with Crippen molar-refractivity contribution in [2.24, 2.45) is 4.99 Å². The molecule has 0 N–H and O–H groups in total. The van der Waals surface area contributed by atoms with E-state index in [1.807, 2.05) is 0 Å². The van der Waals surface area contributed by atoms with Crippen molar-refractivity contribution in [2.75, 3.05) is 13.2 Å². The lowest BCUT2D eigenvalue weighted by Gasteiger charge is -2.45. The first-order valence-electron chi connectivity index (χ1n) is 5.20. The predicted molar refractivity (Wildman–Crippen MR) is 59.6 cm³/mol. The molecule has 0 atom stereocenters. The van der Waals surface area contributed by atoms with Gasteiger partial charge in [-0.1, -0.05) is 0 Å². The lowest BCUT2D eigenvalue weighted by atomic mass is 9.97. The van der Waals surface area contributed by atoms with Crippen LogP contribution in [-0.4, -0.2) is 35.2 Å². The van der Waals surface area contributed by atoms with Crippen molar-refractivity contribution in [2.45, 2.75) is 52.6 Å². The summed E-state index contributed by atoms with van der Waals surface area (Å²) >= 11 is 0. The number of rotatable bonds is 0. The summed E-state index contributed by atoms with van der Waals surface area (Å²) in [6.45, 7) is 14.6. The normalized spacial score (nSPS) is 17.7. The van der Waals surface area contributed by atoms with E-state index >= 15 is 0 Å². The molecular weight excluding hydrogens is 176 g/mol. The minimum atomic E-state index is 0.0431. The van der Waals surface area contributed by atoms with Crippen LogP contribution in [0, 0.1) is 0 Å². The molecule has 0 saturated carbocycles. The molecule has 1 heterocycles. The number of hydrogen-bond donors (Lipinski definition) is 0. The van der Waals surface area contributed by atoms with Crippen LogP contribution in [0.2, 0.25) is 0 Å². The molecule has 0 aromatic heterocycles. The summed E-state index contributed by atoms with van der Waals surface area (Å²) in [5.74, 6) is 0. The van der Waals surface area contributed by atoms with E-state index in [9.17, 15) is 0 Å². The van der Waals surface area contributed by atoms with Crippen LogP contribution in [0.15, 0.2) is 4.99 Å². The zero-order chi connectivity index (χ0) is 11.0. The number of amidine groups is 1. The summed E-state index contributed by atoms with van der Waals surface area (Å²) in [4.78, 5) is 6.63. The molecule has 0 amide bonds. The van der Waals surface area contributed by atoms with Gasteiger partial charge in [-0.15, -0.1) is 0 Å². The van der Waals surface area contributed by atoms with Crippen LogP contribution in [0.5, 0.6) is 0 Å². The molecule has 0 unspecified atom stereocenters. The molecule has 0 bridgehead atoms. The Hall–Kier alpha value is -0.730. The van der Waals surface area contributed by atoms with Crippen LogP contribution in [0.25, 0.3) is 0 Å². The summed E-state index contributed by atoms with van der Waals surface area (Å²) in [7, 11) is 0. The third-order valence-corrected chi connectivity index (χ3v) is 2.10. The van der Waals surface area contributed by atoms with Crippen molar-refractivity contribution >= 4 is 6.02 Å². The molecule has 0 saturated heterocycles. The van der Waals surface area contributed by atoms with Crippen LogP contribution < -0.4 is 0 Å². The van der Waals surface area contributed by atoms with Gasteiger partial charge >= 0.3 is 0 Å². The van der Waals surface area contributed by atoms with Crippen LogP contribution in [0.1, 0.15) is 41.5 Å². The fourth-order valence-electron chi connectivity index (χ4n) is 2.04. The fourth-order valence-corrected chi connectivity index (χ4v) is 2.04. The number of nitrogens with zero attached hydrogens (tertiary/aromatic N) is 2. The van der Waals surface area contributed by atoms with Gasteiger partial charge in [-0.2, -0.15) is 0 Å². The zero-order valence-electron chi connectivity index (χ0n) is 10.2. The second-order valence-electron chi connectivity index (χ2n) is 5.69. The van der Waals surface area contributed by atoms with Gasteiger partial charge in [0.05, 0.1) is 6.54 Å². The summed E-state index contributed by atoms with van der Waals surface area (Å²) in [6, 6.07) is 0.796. The molecule has 0 fully saturated rings. The van der Waals surface area contributed by atoms with E-state index in [4.69, 9.17) is 4.74 Å². The standard InChI is InChI=1S/C11H22N2O/c1-10(2,3)13(11(4,5)6)9-12-7-8-14-9/h7-8H2,1-6H3. The molecule has 82 valence electrons. The van der Waals surface area contributed by atoms with Gasteiger partial charge in [0, 0.05) is 11.1 Å². The lowest BCUT2D eigenvalue weighted by Crippen LogP contribution is -2.55. The van der Waals surface area contributed by atoms with Crippen LogP contribution in [0.4, 0.5) is 0 Å². The van der Waals surface area contributed by atoms with Crippen molar-refractivity contribution in [1.29, 1.82) is 0 Å². The highest BCUT2D eigenvalue weighted by Crippen LogP contribution is 2.26. The summed E-state index contributed by atoms with van der Waals surface area (Å²) in [5.41, 5.74) is 0.0862. The van der Waals surface area contributed by atoms with Crippen molar-refractivity contribution in [1.82, 2.24) is 4.90 Å². The first-order valence-corrected chi connectivity index (χ1v) is 5.20. The largest absolute Gasteiger partial charge is 0.463 e. The molecule has 1 aliphatic heterocycles. The topological polar surface area (TPSA) is 24.8 Å². The maximum Gasteiger partial charge on any atom is 0.288 e. The van der Waals surface area contributed by atoms with Crippen molar-refractivity contribution < 1.29 is 4.74 Å². The maximum atomic E-state index is 5.54. The molecular formula is C11H22N2O. The highest BCUT2D eigenvalue weighted by atomic mass is 16.5. The van der Waals surface area contributed by atoms with Gasteiger partial charge in [-0.3, -0.25) is 0 Å². The van der Waals surface area contributed by atoms with Gasteiger partial charge in [0.25, 0.3) is 6.02 Å². The predicted octanol–water partition coefficient (Wildman–Crippen LogP) is 2.27. The summed E-state index contributed by atoms with van der Waals surface area (Å²) < 4.78 is 5.54. The maximum absolute atomic E-state index is 5.54. The van der Waals surface area contributed by atoms with Crippen molar-refractivity contribution in [3.8, 4) is 0 Å². The van der Waals surface area contributed by atoms with E-state index in [2.05, 4.69) is 51.4 Å². The second-order valence-corrected chi connectivity index (χ2v) is 5.69. The Bertz CT molecular complexity index is 219. The molecule has 1 rings (SSSR count). The smallest absolute Gasteiger partial charge is 0.288 e. The Morgan fingerprint density at radius 2 is 1.57 bits per heavy atom. The minimum Gasteiger partial charge on any atom is -0.463 e. The van der Waals surface area contributed by atoms with E-state index in [1.165, 1.54) is 0 Å². The molecule has 0 radical (unpaired) electrons. The van der Waals surface area contributed by atoms with Crippen molar-refractivity contribution in [3.63, 3.8) is 0 Å². The second kappa shape index (κ2) is 3.44. The molecule has 0 aliphatic carbocycles. The number of aliphatic imine (C=N–C) groups is 1. The average molecular weight is 198 g/mol. The van der Waals surface area contributed by atoms with Gasteiger partial charge in [0.2, 0.25) is 0 Å². The molecule has 14 heavy (non-hydrogen) atoms. The van der Waals surface area contributed by atoms with E-state index < -0.39 is 0 Å². The monoisotopic (exact) mass is 198 g/mol. The summed E-state index contributed by atoms with van der Waals surface area (Å²) in [6.07, 6.45) is 0. The molecule has 3 nitrogen and oxygen atoms in total. The van der Waals surface area contributed by atoms with E-state index in [0.717, 1.165) is 19.2 Å². The van der Waals surface area contributed by atoms with Crippen LogP contribution in [0.3, 0.4) is 0 Å². The molecule has 0 aromatic carbocycles. The third-order valence-electron chi connectivity index (χ3n) is 2.10. The fraction of sp³-hybridized carbons (Fsp3) is 0.909. The Balaban J connectivity index is 2.94. The molecule has 0 aromatic rings.